The highest BCUT2D eigenvalue weighted by molar-refractivity contribution is 6.01. The highest BCUT2D eigenvalue weighted by atomic mass is 16.3. The Morgan fingerprint density at radius 1 is 1.14 bits per heavy atom. The standard InChI is InChI=1S/C25H23N7O4/c1-13(33)24(35)31-8-5-16(6-9-31)32-21-17(23(34)30-25(32)36)12-27-19-3-2-18(29-20(19)21)15-10-14-4-7-26-22(14)28-11-15/h2-4,7,10-13,16,33H,5-6,8-9H2,1H3,(H,26,28)(H,30,34,36)/t13-/m0/s1. The molecule has 0 unspecified atom stereocenters. The fourth-order valence-corrected chi connectivity index (χ4v) is 4.99. The number of aromatic amines is 2. The molecule has 0 aliphatic carbocycles. The minimum Gasteiger partial charge on any atom is -0.384 e. The van der Waals surface area contributed by atoms with E-state index in [1.54, 1.807) is 15.7 Å². The lowest BCUT2D eigenvalue weighted by atomic mass is 10.0. The fourth-order valence-electron chi connectivity index (χ4n) is 4.99. The number of carbonyl (C=O) groups is 1. The molecule has 6 heterocycles. The van der Waals surface area contributed by atoms with Crippen molar-refractivity contribution in [1.29, 1.82) is 0 Å². The maximum absolute atomic E-state index is 13.1. The second kappa shape index (κ2) is 8.38. The molecule has 1 saturated heterocycles. The molecule has 11 heteroatoms. The highest BCUT2D eigenvalue weighted by Gasteiger charge is 2.28. The van der Waals surface area contributed by atoms with Crippen LogP contribution in [-0.4, -0.2) is 64.6 Å². The van der Waals surface area contributed by atoms with Gasteiger partial charge in [-0.25, -0.2) is 14.8 Å². The summed E-state index contributed by atoms with van der Waals surface area (Å²) in [6, 6.07) is 7.30. The van der Waals surface area contributed by atoms with E-state index in [1.807, 2.05) is 30.5 Å². The second-order valence-corrected chi connectivity index (χ2v) is 9.09. The molecule has 0 bridgehead atoms. The highest BCUT2D eigenvalue weighted by Crippen LogP contribution is 2.29. The Kier molecular flexibility index (Phi) is 5.15. The summed E-state index contributed by atoms with van der Waals surface area (Å²) < 4.78 is 1.58. The topological polar surface area (TPSA) is 150 Å². The maximum atomic E-state index is 13.1. The van der Waals surface area contributed by atoms with Crippen molar-refractivity contribution in [2.75, 3.05) is 13.1 Å². The van der Waals surface area contributed by atoms with Gasteiger partial charge >= 0.3 is 5.69 Å². The van der Waals surface area contributed by atoms with E-state index in [9.17, 15) is 19.5 Å². The molecule has 0 radical (unpaired) electrons. The molecule has 0 saturated carbocycles. The van der Waals surface area contributed by atoms with Gasteiger partial charge in [-0.2, -0.15) is 0 Å². The minimum atomic E-state index is -1.07. The predicted octanol–water partition coefficient (Wildman–Crippen LogP) is 1.72. The van der Waals surface area contributed by atoms with E-state index in [1.165, 1.54) is 13.1 Å². The first-order valence-corrected chi connectivity index (χ1v) is 11.8. The maximum Gasteiger partial charge on any atom is 0.329 e. The molecule has 1 amide bonds. The normalized spacial score (nSPS) is 15.7. The number of nitrogens with one attached hydrogen (secondary N) is 2. The van der Waals surface area contributed by atoms with E-state index in [0.29, 0.717) is 48.2 Å². The zero-order chi connectivity index (χ0) is 25.0. The number of aromatic nitrogens is 6. The van der Waals surface area contributed by atoms with Crippen LogP contribution >= 0.6 is 0 Å². The number of aliphatic hydroxyl groups excluding tert-OH is 1. The van der Waals surface area contributed by atoms with Crippen molar-refractivity contribution >= 4 is 38.9 Å². The third-order valence-electron chi connectivity index (χ3n) is 6.81. The van der Waals surface area contributed by atoms with Crippen molar-refractivity contribution in [3.8, 4) is 11.3 Å². The molecule has 5 aromatic rings. The van der Waals surface area contributed by atoms with E-state index in [-0.39, 0.29) is 17.3 Å². The minimum absolute atomic E-state index is 0.260. The Balaban J connectivity index is 1.51. The summed E-state index contributed by atoms with van der Waals surface area (Å²) in [6.45, 7) is 2.23. The summed E-state index contributed by atoms with van der Waals surface area (Å²) in [5.41, 5.74) is 2.59. The van der Waals surface area contributed by atoms with Crippen LogP contribution in [0, 0.1) is 0 Å². The quantitative estimate of drug-likeness (QED) is 0.329. The molecule has 0 aromatic carbocycles. The zero-order valence-corrected chi connectivity index (χ0v) is 19.4. The van der Waals surface area contributed by atoms with Gasteiger partial charge in [0.25, 0.3) is 11.5 Å². The number of rotatable bonds is 3. The molecule has 182 valence electrons. The Labute approximate surface area is 203 Å². The van der Waals surface area contributed by atoms with Crippen molar-refractivity contribution in [2.24, 2.45) is 0 Å². The van der Waals surface area contributed by atoms with Crippen LogP contribution in [0.25, 0.3) is 44.2 Å². The summed E-state index contributed by atoms with van der Waals surface area (Å²) in [4.78, 5) is 58.8. The molecule has 3 N–H and O–H groups in total. The predicted molar refractivity (Wildman–Crippen MR) is 134 cm³/mol. The van der Waals surface area contributed by atoms with Gasteiger partial charge in [0.2, 0.25) is 0 Å². The second-order valence-electron chi connectivity index (χ2n) is 9.09. The summed E-state index contributed by atoms with van der Waals surface area (Å²) in [6.07, 6.45) is 4.93. The van der Waals surface area contributed by atoms with Gasteiger partial charge in [-0.15, -0.1) is 0 Å². The smallest absolute Gasteiger partial charge is 0.329 e. The number of fused-ring (bicyclic) bond motifs is 4. The molecule has 1 aliphatic rings. The Hall–Kier alpha value is -4.38. The number of nitrogens with zero attached hydrogens (tertiary/aromatic N) is 5. The molecular weight excluding hydrogens is 462 g/mol. The molecule has 0 spiro atoms. The lowest BCUT2D eigenvalue weighted by molar-refractivity contribution is -0.140. The average Bonchev–Trinajstić information content (AvgIpc) is 3.36. The van der Waals surface area contributed by atoms with Crippen LogP contribution in [0.15, 0.2) is 52.4 Å². The third kappa shape index (κ3) is 3.55. The van der Waals surface area contributed by atoms with E-state index in [0.717, 1.165) is 16.6 Å². The van der Waals surface area contributed by atoms with Crippen LogP contribution in [0.2, 0.25) is 0 Å². The van der Waals surface area contributed by atoms with Crippen LogP contribution in [0.1, 0.15) is 25.8 Å². The Morgan fingerprint density at radius 3 is 2.72 bits per heavy atom. The number of pyridine rings is 3. The zero-order valence-electron chi connectivity index (χ0n) is 19.4. The summed E-state index contributed by atoms with van der Waals surface area (Å²) in [7, 11) is 0. The van der Waals surface area contributed by atoms with Crippen LogP contribution in [0.5, 0.6) is 0 Å². The van der Waals surface area contributed by atoms with E-state index >= 15 is 0 Å². The molecule has 1 atom stereocenters. The van der Waals surface area contributed by atoms with Gasteiger partial charge in [0, 0.05) is 48.7 Å². The van der Waals surface area contributed by atoms with Gasteiger partial charge in [-0.05, 0) is 44.0 Å². The van der Waals surface area contributed by atoms with Gasteiger partial charge in [0.1, 0.15) is 17.3 Å². The number of amides is 1. The number of piperidine rings is 1. The number of hydrogen-bond acceptors (Lipinski definition) is 7. The first-order chi connectivity index (χ1) is 17.4. The van der Waals surface area contributed by atoms with Crippen molar-refractivity contribution < 1.29 is 9.90 Å². The first-order valence-electron chi connectivity index (χ1n) is 11.8. The SMILES string of the molecule is C[C@H](O)C(=O)N1CCC(n2c(=O)[nH]c(=O)c3cnc4ccc(-c5cnc6[nH]ccc6c5)nc4c32)CC1. The molecule has 36 heavy (non-hydrogen) atoms. The number of H-pyrrole nitrogens is 2. The molecule has 1 fully saturated rings. The molecule has 6 rings (SSSR count). The summed E-state index contributed by atoms with van der Waals surface area (Å²) >= 11 is 0. The van der Waals surface area contributed by atoms with Crippen LogP contribution < -0.4 is 11.2 Å². The number of hydrogen-bond donors (Lipinski definition) is 3. The van der Waals surface area contributed by atoms with Crippen molar-refractivity contribution in [3.63, 3.8) is 0 Å². The van der Waals surface area contributed by atoms with Gasteiger partial charge in [0.15, 0.2) is 0 Å². The molecule has 5 aromatic heterocycles. The van der Waals surface area contributed by atoms with E-state index in [4.69, 9.17) is 4.98 Å². The number of carbonyl (C=O) groups excluding carboxylic acids is 1. The Bertz CT molecular complexity index is 1760. The number of likely N-dealkylation sites (tertiary alicyclic amines) is 1. The number of aliphatic hydroxyl groups is 1. The molecular formula is C25H23N7O4. The van der Waals surface area contributed by atoms with Crippen molar-refractivity contribution in [3.05, 3.63) is 63.7 Å². The molecule has 11 nitrogen and oxygen atoms in total. The van der Waals surface area contributed by atoms with Crippen LogP contribution in [-0.2, 0) is 4.79 Å². The Morgan fingerprint density at radius 2 is 1.94 bits per heavy atom. The van der Waals surface area contributed by atoms with Gasteiger partial charge in [0.05, 0.1) is 22.1 Å². The van der Waals surface area contributed by atoms with E-state index in [2.05, 4.69) is 19.9 Å². The lowest BCUT2D eigenvalue weighted by Gasteiger charge is -2.34. The van der Waals surface area contributed by atoms with Crippen molar-refractivity contribution in [1.82, 2.24) is 34.4 Å². The monoisotopic (exact) mass is 485 g/mol. The third-order valence-corrected chi connectivity index (χ3v) is 6.81. The van der Waals surface area contributed by atoms with Gasteiger partial charge < -0.3 is 15.0 Å². The largest absolute Gasteiger partial charge is 0.384 e. The van der Waals surface area contributed by atoms with Gasteiger partial charge in [-0.1, -0.05) is 0 Å². The van der Waals surface area contributed by atoms with E-state index < -0.39 is 17.4 Å². The average molecular weight is 486 g/mol. The summed E-state index contributed by atoms with van der Waals surface area (Å²) in [5, 5.41) is 10.9. The van der Waals surface area contributed by atoms with Crippen LogP contribution in [0.4, 0.5) is 0 Å². The van der Waals surface area contributed by atoms with Crippen LogP contribution in [0.3, 0.4) is 0 Å². The lowest BCUT2D eigenvalue weighted by Crippen LogP contribution is -2.45. The first kappa shape index (κ1) is 22.1. The van der Waals surface area contributed by atoms with Crippen molar-refractivity contribution in [2.45, 2.75) is 31.9 Å². The summed E-state index contributed by atoms with van der Waals surface area (Å²) in [5.74, 6) is -0.332. The van der Waals surface area contributed by atoms with Gasteiger partial charge in [-0.3, -0.25) is 24.1 Å². The molecule has 1 aliphatic heterocycles. The fraction of sp³-hybridized carbons (Fsp3) is 0.280.